The van der Waals surface area contributed by atoms with Crippen LogP contribution in [0.5, 0.6) is 0 Å². The van der Waals surface area contributed by atoms with Gasteiger partial charge in [-0.15, -0.1) is 0 Å². The molecule has 5 rings (SSSR count). The molecule has 5 heteroatoms. The van der Waals surface area contributed by atoms with Gasteiger partial charge in [-0.3, -0.25) is 14.4 Å². The molecule has 0 spiro atoms. The normalized spacial score (nSPS) is 33.2. The molecule has 0 atom stereocenters. The Labute approximate surface area is 142 Å². The molecule has 2 amide bonds. The molecule has 24 heavy (non-hydrogen) atoms. The van der Waals surface area contributed by atoms with E-state index in [2.05, 4.69) is 10.8 Å². The van der Waals surface area contributed by atoms with Gasteiger partial charge in [0.1, 0.15) is 0 Å². The lowest BCUT2D eigenvalue weighted by Crippen LogP contribution is -2.61. The predicted molar refractivity (Wildman–Crippen MR) is 88.4 cm³/mol. The highest BCUT2D eigenvalue weighted by atomic mass is 16.7. The van der Waals surface area contributed by atoms with Crippen molar-refractivity contribution in [2.45, 2.75) is 50.7 Å². The maximum Gasteiger partial charge on any atom is 0.332 e. The van der Waals surface area contributed by atoms with E-state index in [1.165, 1.54) is 19.3 Å². The zero-order valence-electron chi connectivity index (χ0n) is 13.8. The summed E-state index contributed by atoms with van der Waals surface area (Å²) in [5.74, 6) is 0.920. The molecule has 0 heterocycles. The van der Waals surface area contributed by atoms with Crippen LogP contribution in [-0.2, 0) is 21.0 Å². The summed E-state index contributed by atoms with van der Waals surface area (Å²) in [6, 6.07) is 9.53. The highest BCUT2D eigenvalue weighted by Gasteiger charge is 2.51. The molecule has 0 aromatic heterocycles. The third-order valence-corrected chi connectivity index (χ3v) is 5.87. The van der Waals surface area contributed by atoms with E-state index >= 15 is 0 Å². The average Bonchev–Trinajstić information content (AvgIpc) is 2.54. The Morgan fingerprint density at radius 3 is 2.12 bits per heavy atom. The molecule has 4 fully saturated rings. The Morgan fingerprint density at radius 2 is 1.54 bits per heavy atom. The largest absolute Gasteiger partial charge is 0.342 e. The van der Waals surface area contributed by atoms with Gasteiger partial charge in [0.2, 0.25) is 0 Å². The van der Waals surface area contributed by atoms with Gasteiger partial charge in [-0.2, -0.15) is 0 Å². The van der Waals surface area contributed by atoms with E-state index in [0.29, 0.717) is 0 Å². The summed E-state index contributed by atoms with van der Waals surface area (Å²) >= 11 is 0. The fourth-order valence-corrected chi connectivity index (χ4v) is 5.37. The van der Waals surface area contributed by atoms with E-state index in [1.807, 2.05) is 30.3 Å². The van der Waals surface area contributed by atoms with Crippen molar-refractivity contribution in [3.05, 3.63) is 35.9 Å². The molecular formula is C19H24N2O3. The van der Waals surface area contributed by atoms with Crippen LogP contribution in [0.25, 0.3) is 0 Å². The minimum Gasteiger partial charge on any atom is -0.342 e. The van der Waals surface area contributed by atoms with Crippen molar-refractivity contribution in [1.82, 2.24) is 10.8 Å². The number of benzene rings is 1. The van der Waals surface area contributed by atoms with Gasteiger partial charge < -0.3 is 5.32 Å². The summed E-state index contributed by atoms with van der Waals surface area (Å²) in [7, 11) is 0. The van der Waals surface area contributed by atoms with E-state index in [1.54, 1.807) is 0 Å². The topological polar surface area (TPSA) is 67.4 Å². The summed E-state index contributed by atoms with van der Waals surface area (Å²) in [4.78, 5) is 29.4. The standard InChI is InChI=1S/C19H24N2O3/c22-17(18(23)21-24-12-13-4-2-1-3-5-13)20-19-9-14-6-15(10-19)8-16(7-14)11-19/h1-5,14-16H,6-12H2,(H,20,22)(H,21,23). The Bertz CT molecular complexity index is 593. The Hall–Kier alpha value is -1.88. The van der Waals surface area contributed by atoms with Gasteiger partial charge in [0.15, 0.2) is 0 Å². The quantitative estimate of drug-likeness (QED) is 0.658. The molecule has 1 aromatic carbocycles. The summed E-state index contributed by atoms with van der Waals surface area (Å²) in [6.07, 6.45) is 7.01. The smallest absolute Gasteiger partial charge is 0.332 e. The molecule has 4 aliphatic carbocycles. The Kier molecular flexibility index (Phi) is 4.04. The van der Waals surface area contributed by atoms with Gasteiger partial charge in [0, 0.05) is 5.54 Å². The Morgan fingerprint density at radius 1 is 0.958 bits per heavy atom. The molecule has 4 bridgehead atoms. The van der Waals surface area contributed by atoms with Crippen LogP contribution in [0, 0.1) is 17.8 Å². The van der Waals surface area contributed by atoms with Crippen molar-refractivity contribution in [2.75, 3.05) is 0 Å². The number of hydrogen-bond donors (Lipinski definition) is 2. The van der Waals surface area contributed by atoms with Gasteiger partial charge in [0.05, 0.1) is 6.61 Å². The van der Waals surface area contributed by atoms with Gasteiger partial charge in [-0.05, 0) is 61.8 Å². The third kappa shape index (κ3) is 3.18. The first-order chi connectivity index (χ1) is 11.6. The number of hydroxylamine groups is 1. The first kappa shape index (κ1) is 15.6. The van der Waals surface area contributed by atoms with Crippen molar-refractivity contribution in [3.63, 3.8) is 0 Å². The fourth-order valence-electron chi connectivity index (χ4n) is 5.37. The average molecular weight is 328 g/mol. The van der Waals surface area contributed by atoms with Crippen LogP contribution in [0.2, 0.25) is 0 Å². The van der Waals surface area contributed by atoms with Crippen LogP contribution in [0.4, 0.5) is 0 Å². The molecule has 128 valence electrons. The second kappa shape index (κ2) is 6.20. The van der Waals surface area contributed by atoms with Crippen molar-refractivity contribution >= 4 is 11.8 Å². The second-order valence-corrected chi connectivity index (χ2v) is 7.86. The molecule has 2 N–H and O–H groups in total. The zero-order valence-corrected chi connectivity index (χ0v) is 13.8. The third-order valence-electron chi connectivity index (χ3n) is 5.87. The maximum absolute atomic E-state index is 12.3. The zero-order chi connectivity index (χ0) is 16.6. The van der Waals surface area contributed by atoms with Gasteiger partial charge >= 0.3 is 11.8 Å². The minimum atomic E-state index is -0.707. The van der Waals surface area contributed by atoms with Crippen molar-refractivity contribution in [2.24, 2.45) is 17.8 Å². The predicted octanol–water partition coefficient (Wildman–Crippen LogP) is 2.32. The monoisotopic (exact) mass is 328 g/mol. The molecule has 0 saturated heterocycles. The molecule has 0 radical (unpaired) electrons. The van der Waals surface area contributed by atoms with Crippen molar-refractivity contribution in [3.8, 4) is 0 Å². The minimum absolute atomic E-state index is 0.150. The van der Waals surface area contributed by atoms with Gasteiger partial charge in [-0.1, -0.05) is 30.3 Å². The van der Waals surface area contributed by atoms with E-state index in [9.17, 15) is 9.59 Å². The second-order valence-electron chi connectivity index (χ2n) is 7.86. The number of nitrogens with one attached hydrogen (secondary N) is 2. The van der Waals surface area contributed by atoms with Gasteiger partial charge in [-0.25, -0.2) is 5.48 Å². The molecule has 0 aliphatic heterocycles. The molecule has 1 aromatic rings. The lowest BCUT2D eigenvalue weighted by atomic mass is 9.53. The number of amides is 2. The Balaban J connectivity index is 1.29. The van der Waals surface area contributed by atoms with E-state index in [0.717, 1.165) is 42.6 Å². The van der Waals surface area contributed by atoms with Gasteiger partial charge in [0.25, 0.3) is 0 Å². The van der Waals surface area contributed by atoms with Crippen LogP contribution in [0.3, 0.4) is 0 Å². The van der Waals surface area contributed by atoms with Crippen LogP contribution >= 0.6 is 0 Å². The van der Waals surface area contributed by atoms with Crippen LogP contribution < -0.4 is 10.8 Å². The SMILES string of the molecule is O=C(NOCc1ccccc1)C(=O)NC12CC3CC(CC(C3)C1)C2. The van der Waals surface area contributed by atoms with Crippen LogP contribution in [0.15, 0.2) is 30.3 Å². The first-order valence-corrected chi connectivity index (χ1v) is 8.90. The number of carbonyl (C=O) groups excluding carboxylic acids is 2. The number of hydrogen-bond acceptors (Lipinski definition) is 3. The summed E-state index contributed by atoms with van der Waals surface area (Å²) in [6.45, 7) is 0.247. The van der Waals surface area contributed by atoms with Crippen molar-refractivity contribution in [1.29, 1.82) is 0 Å². The molecule has 4 aliphatic rings. The van der Waals surface area contributed by atoms with E-state index in [4.69, 9.17) is 4.84 Å². The molecule has 4 saturated carbocycles. The summed E-state index contributed by atoms with van der Waals surface area (Å²) < 4.78 is 0. The molecule has 5 nitrogen and oxygen atoms in total. The maximum atomic E-state index is 12.3. The fraction of sp³-hybridized carbons (Fsp3) is 0.579. The van der Waals surface area contributed by atoms with Crippen LogP contribution in [-0.4, -0.2) is 17.4 Å². The summed E-state index contributed by atoms with van der Waals surface area (Å²) in [5.41, 5.74) is 3.06. The number of carbonyl (C=O) groups is 2. The van der Waals surface area contributed by atoms with Crippen molar-refractivity contribution < 1.29 is 14.4 Å². The molecular weight excluding hydrogens is 304 g/mol. The lowest BCUT2D eigenvalue weighted by molar-refractivity contribution is -0.150. The highest BCUT2D eigenvalue weighted by Crippen LogP contribution is 2.55. The highest BCUT2D eigenvalue weighted by molar-refractivity contribution is 6.34. The number of rotatable bonds is 4. The first-order valence-electron chi connectivity index (χ1n) is 8.90. The van der Waals surface area contributed by atoms with E-state index in [-0.39, 0.29) is 12.1 Å². The lowest BCUT2D eigenvalue weighted by Gasteiger charge is -2.56. The summed E-state index contributed by atoms with van der Waals surface area (Å²) in [5, 5.41) is 3.04. The van der Waals surface area contributed by atoms with Crippen LogP contribution in [0.1, 0.15) is 44.1 Å². The molecule has 0 unspecified atom stereocenters. The van der Waals surface area contributed by atoms with E-state index < -0.39 is 11.8 Å².